The van der Waals surface area contributed by atoms with E-state index in [2.05, 4.69) is 22.1 Å². The predicted octanol–water partition coefficient (Wildman–Crippen LogP) is 5.15. The van der Waals surface area contributed by atoms with E-state index < -0.39 is 0 Å². The zero-order valence-electron chi connectivity index (χ0n) is 16.1. The number of nitrogens with zero attached hydrogens (tertiary/aromatic N) is 3. The smallest absolute Gasteiger partial charge is 0.234 e. The second kappa shape index (κ2) is 8.92. The Morgan fingerprint density at radius 3 is 2.67 bits per heavy atom. The van der Waals surface area contributed by atoms with Gasteiger partial charge in [-0.05, 0) is 23.6 Å². The van der Waals surface area contributed by atoms with Crippen LogP contribution in [0.5, 0.6) is 0 Å². The van der Waals surface area contributed by atoms with Gasteiger partial charge in [0.05, 0.1) is 11.3 Å². The van der Waals surface area contributed by atoms with Crippen LogP contribution in [0.3, 0.4) is 0 Å². The average Bonchev–Trinajstić information content (AvgIpc) is 3.15. The van der Waals surface area contributed by atoms with Gasteiger partial charge in [-0.25, -0.2) is 4.39 Å². The lowest BCUT2D eigenvalue weighted by Gasteiger charge is -2.10. The summed E-state index contributed by atoms with van der Waals surface area (Å²) in [6.45, 7) is 4.16. The number of fused-ring (bicyclic) bond motifs is 1. The van der Waals surface area contributed by atoms with Crippen molar-refractivity contribution >= 4 is 34.1 Å². The molecule has 0 saturated heterocycles. The minimum Gasteiger partial charge on any atom is -0.325 e. The monoisotopic (exact) mass is 418 g/mol. The first-order valence-corrected chi connectivity index (χ1v) is 10.4. The molecule has 3 aromatic carbocycles. The summed E-state index contributed by atoms with van der Waals surface area (Å²) in [6.07, 6.45) is 1.69. The molecular formula is C23H19FN4OS. The zero-order chi connectivity index (χ0) is 20.9. The van der Waals surface area contributed by atoms with Crippen molar-refractivity contribution in [1.82, 2.24) is 14.8 Å². The van der Waals surface area contributed by atoms with Crippen LogP contribution in [0, 0.1) is 5.82 Å². The van der Waals surface area contributed by atoms with Crippen molar-refractivity contribution in [3.8, 4) is 11.4 Å². The Morgan fingerprint density at radius 1 is 1.07 bits per heavy atom. The van der Waals surface area contributed by atoms with Crippen LogP contribution in [0.4, 0.5) is 10.1 Å². The minimum atomic E-state index is -0.375. The third-order valence-corrected chi connectivity index (χ3v) is 5.51. The SMILES string of the molecule is C=CCn1c(SCC(=O)Nc2cccc3ccccc23)nnc1-c1ccccc1F. The number of amides is 1. The molecule has 5 nitrogen and oxygen atoms in total. The van der Waals surface area contributed by atoms with Gasteiger partial charge in [-0.1, -0.05) is 66.4 Å². The third-order valence-electron chi connectivity index (χ3n) is 4.54. The van der Waals surface area contributed by atoms with Crippen molar-refractivity contribution in [2.45, 2.75) is 11.7 Å². The second-order valence-electron chi connectivity index (χ2n) is 6.55. The molecular weight excluding hydrogens is 399 g/mol. The zero-order valence-corrected chi connectivity index (χ0v) is 16.9. The summed E-state index contributed by atoms with van der Waals surface area (Å²) in [7, 11) is 0. The third kappa shape index (κ3) is 4.11. The lowest BCUT2D eigenvalue weighted by atomic mass is 10.1. The molecule has 1 N–H and O–H groups in total. The molecule has 0 bridgehead atoms. The number of benzene rings is 3. The molecule has 0 atom stereocenters. The number of thioether (sulfide) groups is 1. The predicted molar refractivity (Wildman–Crippen MR) is 119 cm³/mol. The summed E-state index contributed by atoms with van der Waals surface area (Å²) < 4.78 is 16.0. The highest BCUT2D eigenvalue weighted by Crippen LogP contribution is 2.27. The van der Waals surface area contributed by atoms with E-state index in [9.17, 15) is 9.18 Å². The molecule has 0 aliphatic heterocycles. The van der Waals surface area contributed by atoms with Crippen molar-refractivity contribution in [2.24, 2.45) is 0 Å². The number of carbonyl (C=O) groups is 1. The van der Waals surface area contributed by atoms with Crippen LogP contribution in [0.25, 0.3) is 22.2 Å². The highest BCUT2D eigenvalue weighted by atomic mass is 32.2. The Bertz CT molecular complexity index is 1220. The molecule has 150 valence electrons. The highest BCUT2D eigenvalue weighted by Gasteiger charge is 2.17. The number of hydrogen-bond acceptors (Lipinski definition) is 4. The molecule has 1 heterocycles. The van der Waals surface area contributed by atoms with Crippen molar-refractivity contribution < 1.29 is 9.18 Å². The van der Waals surface area contributed by atoms with Gasteiger partial charge in [0.25, 0.3) is 0 Å². The van der Waals surface area contributed by atoms with Gasteiger partial charge in [-0.3, -0.25) is 9.36 Å². The fourth-order valence-corrected chi connectivity index (χ4v) is 3.93. The fourth-order valence-electron chi connectivity index (χ4n) is 3.18. The number of nitrogens with one attached hydrogen (secondary N) is 1. The molecule has 4 aromatic rings. The van der Waals surface area contributed by atoms with E-state index >= 15 is 0 Å². The first-order valence-electron chi connectivity index (χ1n) is 9.37. The van der Waals surface area contributed by atoms with Crippen LogP contribution in [0.2, 0.25) is 0 Å². The van der Waals surface area contributed by atoms with Crippen LogP contribution >= 0.6 is 11.8 Å². The van der Waals surface area contributed by atoms with E-state index in [1.807, 2.05) is 42.5 Å². The summed E-state index contributed by atoms with van der Waals surface area (Å²) >= 11 is 1.25. The van der Waals surface area contributed by atoms with Crippen molar-refractivity contribution in [1.29, 1.82) is 0 Å². The van der Waals surface area contributed by atoms with Gasteiger partial charge in [0.15, 0.2) is 11.0 Å². The van der Waals surface area contributed by atoms with Crippen LogP contribution in [-0.4, -0.2) is 26.4 Å². The van der Waals surface area contributed by atoms with Gasteiger partial charge >= 0.3 is 0 Å². The van der Waals surface area contributed by atoms with Crippen molar-refractivity contribution in [3.63, 3.8) is 0 Å². The largest absolute Gasteiger partial charge is 0.325 e. The second-order valence-corrected chi connectivity index (χ2v) is 7.49. The van der Waals surface area contributed by atoms with E-state index in [4.69, 9.17) is 0 Å². The Kier molecular flexibility index (Phi) is 5.90. The van der Waals surface area contributed by atoms with E-state index in [0.29, 0.717) is 23.1 Å². The molecule has 0 fully saturated rings. The fraction of sp³-hybridized carbons (Fsp3) is 0.0870. The summed E-state index contributed by atoms with van der Waals surface area (Å²) in [5.41, 5.74) is 1.12. The molecule has 0 aliphatic rings. The number of carbonyl (C=O) groups excluding carboxylic acids is 1. The molecule has 0 aliphatic carbocycles. The van der Waals surface area contributed by atoms with Gasteiger partial charge in [0.2, 0.25) is 5.91 Å². The van der Waals surface area contributed by atoms with Crippen LogP contribution in [0.15, 0.2) is 84.5 Å². The summed E-state index contributed by atoms with van der Waals surface area (Å²) in [4.78, 5) is 12.6. The van der Waals surface area contributed by atoms with Crippen molar-refractivity contribution in [2.75, 3.05) is 11.1 Å². The van der Waals surface area contributed by atoms with Gasteiger partial charge in [0.1, 0.15) is 5.82 Å². The van der Waals surface area contributed by atoms with E-state index in [-0.39, 0.29) is 17.5 Å². The minimum absolute atomic E-state index is 0.149. The molecule has 0 spiro atoms. The van der Waals surface area contributed by atoms with E-state index in [0.717, 1.165) is 16.5 Å². The molecule has 30 heavy (non-hydrogen) atoms. The molecule has 0 saturated carbocycles. The number of aromatic nitrogens is 3. The quantitative estimate of drug-likeness (QED) is 0.333. The number of anilines is 1. The Labute approximate surface area is 177 Å². The van der Waals surface area contributed by atoms with Gasteiger partial charge in [-0.2, -0.15) is 0 Å². The maximum absolute atomic E-state index is 14.2. The number of hydrogen-bond donors (Lipinski definition) is 1. The normalized spacial score (nSPS) is 10.8. The van der Waals surface area contributed by atoms with Gasteiger partial charge in [0, 0.05) is 17.6 Å². The lowest BCUT2D eigenvalue weighted by Crippen LogP contribution is -2.15. The number of allylic oxidation sites excluding steroid dienone is 1. The van der Waals surface area contributed by atoms with Crippen molar-refractivity contribution in [3.05, 3.63) is 85.2 Å². The van der Waals surface area contributed by atoms with Crippen LogP contribution in [-0.2, 0) is 11.3 Å². The molecule has 4 rings (SSSR count). The first-order chi connectivity index (χ1) is 14.7. The molecule has 1 amide bonds. The van der Waals surface area contributed by atoms with Crippen LogP contribution in [0.1, 0.15) is 0 Å². The number of halogens is 1. The maximum Gasteiger partial charge on any atom is 0.234 e. The summed E-state index contributed by atoms with van der Waals surface area (Å²) in [6, 6.07) is 20.1. The molecule has 1 aromatic heterocycles. The first kappa shape index (κ1) is 19.8. The van der Waals surface area contributed by atoms with Gasteiger partial charge < -0.3 is 5.32 Å². The highest BCUT2D eigenvalue weighted by molar-refractivity contribution is 7.99. The Hall–Kier alpha value is -3.45. The standard InChI is InChI=1S/C23H19FN4OS/c1-2-14-28-22(18-11-5-6-12-19(18)24)26-27-23(28)30-15-21(29)25-20-13-7-9-16-8-3-4-10-17(16)20/h2-13H,1,14-15H2,(H,25,29). The molecule has 0 unspecified atom stereocenters. The molecule has 0 radical (unpaired) electrons. The maximum atomic E-state index is 14.2. The molecule has 7 heteroatoms. The van der Waals surface area contributed by atoms with E-state index in [1.165, 1.54) is 17.8 Å². The van der Waals surface area contributed by atoms with Crippen LogP contribution < -0.4 is 5.32 Å². The summed E-state index contributed by atoms with van der Waals surface area (Å²) in [5.74, 6) is 0.0258. The number of rotatable bonds is 7. The summed E-state index contributed by atoms with van der Waals surface area (Å²) in [5, 5.41) is 13.8. The topological polar surface area (TPSA) is 59.8 Å². The van der Waals surface area contributed by atoms with Gasteiger partial charge in [-0.15, -0.1) is 16.8 Å². The Balaban J connectivity index is 1.51. The van der Waals surface area contributed by atoms with E-state index in [1.54, 1.807) is 28.8 Å². The average molecular weight is 418 g/mol. The lowest BCUT2D eigenvalue weighted by molar-refractivity contribution is -0.113. The Morgan fingerprint density at radius 2 is 1.83 bits per heavy atom.